The molecule has 5 N–H and O–H groups in total. The monoisotopic (exact) mass is 719 g/mol. The summed E-state index contributed by atoms with van der Waals surface area (Å²) in [6.07, 6.45) is -1.57. The van der Waals surface area contributed by atoms with Crippen LogP contribution in [0.5, 0.6) is 5.75 Å². The van der Waals surface area contributed by atoms with E-state index in [1.54, 1.807) is 17.0 Å². The van der Waals surface area contributed by atoms with Gasteiger partial charge in [0, 0.05) is 70.1 Å². The van der Waals surface area contributed by atoms with Crippen LogP contribution >= 0.6 is 0 Å². The number of imide groups is 1. The number of carbonyl (C=O) groups is 6. The van der Waals surface area contributed by atoms with Gasteiger partial charge in [-0.25, -0.2) is 9.59 Å². The molecular weight excluding hydrogens is 674 g/mol. The molecule has 0 bridgehead atoms. The number of carboxylic acids is 1. The van der Waals surface area contributed by atoms with Crippen molar-refractivity contribution >= 4 is 41.4 Å². The molecule has 1 aromatic carbocycles. The number of carboxylic acid groups (broad SMARTS) is 1. The number of nitrogens with one attached hydrogen (secondary N) is 3. The van der Waals surface area contributed by atoms with E-state index in [1.165, 1.54) is 18.2 Å². The molecule has 2 fully saturated rings. The summed E-state index contributed by atoms with van der Waals surface area (Å²) in [7, 11) is 0. The minimum atomic E-state index is -1.27. The van der Waals surface area contributed by atoms with E-state index in [9.17, 15) is 39.0 Å². The van der Waals surface area contributed by atoms with Crippen molar-refractivity contribution in [2.24, 2.45) is 0 Å². The maximum atomic E-state index is 12.9. The third-order valence-electron chi connectivity index (χ3n) is 7.99. The summed E-state index contributed by atoms with van der Waals surface area (Å²) in [5.74, 6) is -2.67. The Hall–Kier alpha value is -4.62. The number of aliphatic hydroxyl groups is 1. The van der Waals surface area contributed by atoms with E-state index in [0.717, 1.165) is 4.90 Å². The Bertz CT molecular complexity index is 1420. The zero-order chi connectivity index (χ0) is 36.8. The molecule has 51 heavy (non-hydrogen) atoms. The topological polar surface area (TPSA) is 232 Å². The second-order valence-electron chi connectivity index (χ2n) is 12.1. The van der Waals surface area contributed by atoms with Crippen LogP contribution in [0.4, 0.5) is 10.5 Å². The van der Waals surface area contributed by atoms with Crippen molar-refractivity contribution in [1.29, 1.82) is 0 Å². The van der Waals surface area contributed by atoms with E-state index in [0.29, 0.717) is 25.2 Å². The summed E-state index contributed by atoms with van der Waals surface area (Å²) in [6, 6.07) is 4.83. The van der Waals surface area contributed by atoms with Crippen molar-refractivity contribution in [3.8, 4) is 5.75 Å². The second-order valence-corrected chi connectivity index (χ2v) is 12.1. The summed E-state index contributed by atoms with van der Waals surface area (Å²) in [5, 5.41) is 28.2. The number of aliphatic hydroxyl groups excluding tert-OH is 1. The molecule has 18 nitrogen and oxygen atoms in total. The van der Waals surface area contributed by atoms with Crippen molar-refractivity contribution in [2.45, 2.75) is 63.8 Å². The highest BCUT2D eigenvalue weighted by Gasteiger charge is 2.34. The van der Waals surface area contributed by atoms with Gasteiger partial charge >= 0.3 is 12.1 Å². The van der Waals surface area contributed by atoms with Gasteiger partial charge in [0.15, 0.2) is 6.10 Å². The Labute approximate surface area is 294 Å². The van der Waals surface area contributed by atoms with E-state index >= 15 is 0 Å². The van der Waals surface area contributed by atoms with Crippen LogP contribution < -0.4 is 20.7 Å². The Morgan fingerprint density at radius 1 is 1.00 bits per heavy atom. The first kappa shape index (κ1) is 39.2. The predicted octanol–water partition coefficient (Wildman–Crippen LogP) is -0.261. The van der Waals surface area contributed by atoms with E-state index in [-0.39, 0.29) is 107 Å². The molecule has 0 saturated carbocycles. The van der Waals surface area contributed by atoms with Crippen molar-refractivity contribution < 1.29 is 62.7 Å². The molecule has 0 aliphatic carbocycles. The number of hydrogen-bond acceptors (Lipinski definition) is 13. The van der Waals surface area contributed by atoms with Crippen LogP contribution in [0.15, 0.2) is 30.4 Å². The quantitative estimate of drug-likeness (QED) is 0.0973. The van der Waals surface area contributed by atoms with E-state index in [2.05, 4.69) is 16.0 Å². The molecular formula is C33H45N5O13. The number of amides is 5. The molecule has 1 aromatic rings. The molecule has 4 atom stereocenters. The first-order valence-electron chi connectivity index (χ1n) is 16.7. The van der Waals surface area contributed by atoms with Crippen molar-refractivity contribution in [2.75, 3.05) is 64.5 Å². The van der Waals surface area contributed by atoms with Crippen LogP contribution in [0.3, 0.4) is 0 Å². The van der Waals surface area contributed by atoms with Gasteiger partial charge in [-0.1, -0.05) is 6.07 Å². The van der Waals surface area contributed by atoms with Crippen LogP contribution in [0.2, 0.25) is 0 Å². The summed E-state index contributed by atoms with van der Waals surface area (Å²) >= 11 is 0. The normalized spacial score (nSPS) is 21.8. The third kappa shape index (κ3) is 12.9. The third-order valence-corrected chi connectivity index (χ3v) is 7.99. The Kier molecular flexibility index (Phi) is 15.1. The van der Waals surface area contributed by atoms with E-state index < -0.39 is 36.5 Å². The Morgan fingerprint density at radius 2 is 1.75 bits per heavy atom. The number of nitrogens with zero attached hydrogens (tertiary/aromatic N) is 2. The molecule has 2 saturated heterocycles. The minimum Gasteiger partial charge on any atom is -0.479 e. The second kappa shape index (κ2) is 19.7. The van der Waals surface area contributed by atoms with Gasteiger partial charge in [-0.2, -0.15) is 0 Å². The number of benzene rings is 1. The lowest BCUT2D eigenvalue weighted by Crippen LogP contribution is -2.51. The van der Waals surface area contributed by atoms with Crippen molar-refractivity contribution in [1.82, 2.24) is 20.4 Å². The Balaban J connectivity index is 1.21. The number of ether oxygens (including phenoxy) is 5. The average molecular weight is 720 g/mol. The van der Waals surface area contributed by atoms with Gasteiger partial charge in [-0.15, -0.1) is 0 Å². The SMILES string of the molecule is C[C@H]1CN(C(=O)OCc2ccc(OC3C[C@@H](O)C[C@@H](C(=O)O)O3)c(NC(=O)CCNC(=O)CCOCCOCCN3C(=O)C=CC3=O)c2)CCN1. The molecule has 3 heterocycles. The average Bonchev–Trinajstić information content (AvgIpc) is 3.41. The van der Waals surface area contributed by atoms with E-state index in [4.69, 9.17) is 23.7 Å². The van der Waals surface area contributed by atoms with Gasteiger partial charge in [0.25, 0.3) is 11.8 Å². The lowest BCUT2D eigenvalue weighted by atomic mass is 10.1. The number of anilines is 1. The van der Waals surface area contributed by atoms with Crippen LogP contribution in [0.25, 0.3) is 0 Å². The molecule has 18 heteroatoms. The highest BCUT2D eigenvalue weighted by Crippen LogP contribution is 2.31. The summed E-state index contributed by atoms with van der Waals surface area (Å²) < 4.78 is 27.6. The summed E-state index contributed by atoms with van der Waals surface area (Å²) in [4.78, 5) is 74.9. The van der Waals surface area contributed by atoms with E-state index in [1.807, 2.05) is 6.92 Å². The minimum absolute atomic E-state index is 0.00337. The number of hydrogen-bond donors (Lipinski definition) is 5. The molecule has 1 unspecified atom stereocenters. The molecule has 3 aliphatic rings. The van der Waals surface area contributed by atoms with Gasteiger partial charge in [-0.3, -0.25) is 24.1 Å². The predicted molar refractivity (Wildman–Crippen MR) is 176 cm³/mol. The standard InChI is InChI=1S/C33H45N5O13/c1-21-19-37(10-9-34-21)33(46)49-20-22-2-3-25(50-31-18-23(39)17-26(51-31)32(44)45)24(16-22)36-28(41)6-8-35-27(40)7-12-47-14-15-48-13-11-38-29(42)4-5-30(38)43/h2-5,16,21,23,26,31,34,39H,6-15,17-20H2,1H3,(H,35,40)(H,36,41)(H,44,45)/t21-,23-,26-,31?/m0/s1. The smallest absolute Gasteiger partial charge is 0.410 e. The van der Waals surface area contributed by atoms with Gasteiger partial charge < -0.3 is 54.7 Å². The van der Waals surface area contributed by atoms with Crippen LogP contribution in [-0.2, 0) is 49.5 Å². The van der Waals surface area contributed by atoms with Crippen LogP contribution in [0, 0.1) is 0 Å². The molecule has 3 aliphatic heterocycles. The fraction of sp³-hybridized carbons (Fsp3) is 0.576. The lowest BCUT2D eigenvalue weighted by molar-refractivity contribution is -0.195. The van der Waals surface area contributed by atoms with Gasteiger partial charge in [-0.05, 0) is 24.6 Å². The largest absolute Gasteiger partial charge is 0.479 e. The maximum absolute atomic E-state index is 12.9. The van der Waals surface area contributed by atoms with Gasteiger partial charge in [0.05, 0.1) is 44.8 Å². The zero-order valence-electron chi connectivity index (χ0n) is 28.4. The molecule has 0 spiro atoms. The maximum Gasteiger partial charge on any atom is 0.410 e. The highest BCUT2D eigenvalue weighted by atomic mass is 16.7. The van der Waals surface area contributed by atoms with Crippen molar-refractivity contribution in [3.63, 3.8) is 0 Å². The zero-order valence-corrected chi connectivity index (χ0v) is 28.4. The van der Waals surface area contributed by atoms with Crippen molar-refractivity contribution in [3.05, 3.63) is 35.9 Å². The Morgan fingerprint density at radius 3 is 2.47 bits per heavy atom. The highest BCUT2D eigenvalue weighted by molar-refractivity contribution is 6.12. The fourth-order valence-electron chi connectivity index (χ4n) is 5.35. The van der Waals surface area contributed by atoms with Crippen LogP contribution in [-0.4, -0.2) is 139 Å². The number of piperazine rings is 1. The van der Waals surface area contributed by atoms with Gasteiger partial charge in [0.2, 0.25) is 18.1 Å². The first-order valence-corrected chi connectivity index (χ1v) is 16.7. The first-order chi connectivity index (χ1) is 24.5. The summed E-state index contributed by atoms with van der Waals surface area (Å²) in [5.41, 5.74) is 0.729. The number of aliphatic carboxylic acids is 1. The molecule has 280 valence electrons. The van der Waals surface area contributed by atoms with Gasteiger partial charge in [0.1, 0.15) is 12.4 Å². The molecule has 5 amide bonds. The number of carbonyl (C=O) groups excluding carboxylic acids is 5. The molecule has 4 rings (SSSR count). The fourth-order valence-corrected chi connectivity index (χ4v) is 5.35. The van der Waals surface area contributed by atoms with Crippen LogP contribution in [0.1, 0.15) is 38.2 Å². The molecule has 0 radical (unpaired) electrons. The number of rotatable bonds is 18. The summed E-state index contributed by atoms with van der Waals surface area (Å²) in [6.45, 7) is 4.38. The lowest BCUT2D eigenvalue weighted by Gasteiger charge is -2.31. The molecule has 0 aromatic heterocycles.